The van der Waals surface area contributed by atoms with Gasteiger partial charge in [-0.05, 0) is 56.4 Å². The van der Waals surface area contributed by atoms with Crippen molar-refractivity contribution < 1.29 is 46.6 Å². The van der Waals surface area contributed by atoms with E-state index in [9.17, 15) is 9.59 Å². The number of nitrogens with one attached hydrogen (secondary N) is 1. The second-order valence-electron chi connectivity index (χ2n) is 7.18. The van der Waals surface area contributed by atoms with E-state index < -0.39 is 11.2 Å². The van der Waals surface area contributed by atoms with E-state index >= 15 is 0 Å². The number of H-pyrrole nitrogens is 1. The fourth-order valence-corrected chi connectivity index (χ4v) is 3.16. The van der Waals surface area contributed by atoms with Crippen molar-refractivity contribution in [3.8, 4) is 17.2 Å². The van der Waals surface area contributed by atoms with Gasteiger partial charge in [0, 0.05) is 50.6 Å². The molecule has 8 heteroatoms. The predicted molar refractivity (Wildman–Crippen MR) is 113 cm³/mol. The number of aryl methyl sites for hydroxylation is 3. The Bertz CT molecular complexity index is 1340. The van der Waals surface area contributed by atoms with Gasteiger partial charge in [-0.2, -0.15) is 0 Å². The summed E-state index contributed by atoms with van der Waals surface area (Å²) in [6.07, 6.45) is 4.19. The van der Waals surface area contributed by atoms with Crippen molar-refractivity contribution in [2.24, 2.45) is 0 Å². The van der Waals surface area contributed by atoms with E-state index in [-0.39, 0.29) is 45.9 Å². The molecular formula is C23H21N2O5Y-. The number of aromatic amines is 1. The van der Waals surface area contributed by atoms with E-state index in [2.05, 4.69) is 11.2 Å². The molecule has 7 nitrogen and oxygen atoms in total. The first-order valence-corrected chi connectivity index (χ1v) is 9.52. The maximum Gasteiger partial charge on any atom is 0.328 e. The summed E-state index contributed by atoms with van der Waals surface area (Å²) < 4.78 is 19.0. The molecule has 2 heterocycles. The molecule has 0 aliphatic carbocycles. The van der Waals surface area contributed by atoms with Gasteiger partial charge in [-0.25, -0.2) is 4.79 Å². The molecule has 2 aromatic heterocycles. The number of benzene rings is 2. The van der Waals surface area contributed by atoms with E-state index in [0.717, 1.165) is 22.1 Å². The normalized spacial score (nSPS) is 10.7. The maximum absolute atomic E-state index is 11.8. The Hall–Kier alpha value is -2.64. The summed E-state index contributed by atoms with van der Waals surface area (Å²) in [4.78, 5) is 25.3. The van der Waals surface area contributed by atoms with Gasteiger partial charge in [0.15, 0.2) is 11.5 Å². The summed E-state index contributed by atoms with van der Waals surface area (Å²) in [5.74, 6) is 1.69. The first-order chi connectivity index (χ1) is 14.4. The predicted octanol–water partition coefficient (Wildman–Crippen LogP) is 3.88. The van der Waals surface area contributed by atoms with Gasteiger partial charge in [0.25, 0.3) is 5.56 Å². The Kier molecular flexibility index (Phi) is 7.18. The van der Waals surface area contributed by atoms with E-state index in [1.165, 1.54) is 16.8 Å². The van der Waals surface area contributed by atoms with Crippen molar-refractivity contribution in [1.29, 1.82) is 0 Å². The zero-order valence-electron chi connectivity index (χ0n) is 17.5. The molecule has 4 aromatic rings. The van der Waals surface area contributed by atoms with Crippen molar-refractivity contribution in [1.82, 2.24) is 9.55 Å². The second-order valence-corrected chi connectivity index (χ2v) is 7.18. The van der Waals surface area contributed by atoms with E-state index in [1.807, 2.05) is 45.0 Å². The SMILES string of the molecule is Cc1cc(Oc2cc(C)c(C)cc2OCCn2ccc(=O)[nH]c2=O)c2o[c-]cc2c1.[Y]. The third kappa shape index (κ3) is 5.17. The summed E-state index contributed by atoms with van der Waals surface area (Å²) >= 11 is 0. The van der Waals surface area contributed by atoms with E-state index in [0.29, 0.717) is 22.8 Å². The molecule has 157 valence electrons. The molecule has 1 N–H and O–H groups in total. The Labute approximate surface area is 203 Å². The molecule has 0 amide bonds. The van der Waals surface area contributed by atoms with Gasteiger partial charge in [0.1, 0.15) is 12.4 Å². The fourth-order valence-electron chi connectivity index (χ4n) is 3.16. The van der Waals surface area contributed by atoms with Crippen LogP contribution >= 0.6 is 0 Å². The molecular weight excluding hydrogens is 473 g/mol. The third-order valence-electron chi connectivity index (χ3n) is 4.87. The van der Waals surface area contributed by atoms with Crippen molar-refractivity contribution in [3.05, 3.63) is 86.4 Å². The molecule has 0 spiro atoms. The van der Waals surface area contributed by atoms with Gasteiger partial charge in [0.2, 0.25) is 0 Å². The minimum Gasteiger partial charge on any atom is -0.587 e. The van der Waals surface area contributed by atoms with E-state index in [1.54, 1.807) is 6.07 Å². The fraction of sp³-hybridized carbons (Fsp3) is 0.217. The van der Waals surface area contributed by atoms with Crippen LogP contribution in [0.25, 0.3) is 11.0 Å². The van der Waals surface area contributed by atoms with Crippen LogP contribution in [0.3, 0.4) is 0 Å². The van der Waals surface area contributed by atoms with Crippen LogP contribution in [0.1, 0.15) is 16.7 Å². The molecule has 0 fully saturated rings. The molecule has 0 atom stereocenters. The Morgan fingerprint density at radius 1 is 1.03 bits per heavy atom. The van der Waals surface area contributed by atoms with Crippen LogP contribution in [0.4, 0.5) is 0 Å². The quantitative estimate of drug-likeness (QED) is 0.412. The molecule has 0 saturated heterocycles. The molecule has 2 aromatic carbocycles. The van der Waals surface area contributed by atoms with Crippen LogP contribution in [-0.4, -0.2) is 16.2 Å². The molecule has 1 radical (unpaired) electrons. The summed E-state index contributed by atoms with van der Waals surface area (Å²) in [5, 5.41) is 0.911. The van der Waals surface area contributed by atoms with E-state index in [4.69, 9.17) is 13.9 Å². The zero-order chi connectivity index (χ0) is 21.3. The molecule has 0 saturated carbocycles. The minimum atomic E-state index is -0.473. The molecule has 4 rings (SSSR count). The zero-order valence-corrected chi connectivity index (χ0v) is 20.4. The number of rotatable bonds is 6. The maximum atomic E-state index is 11.8. The van der Waals surface area contributed by atoms with Crippen LogP contribution in [0.15, 0.2) is 56.6 Å². The van der Waals surface area contributed by atoms with Gasteiger partial charge in [-0.15, -0.1) is 17.5 Å². The first-order valence-electron chi connectivity index (χ1n) is 9.52. The summed E-state index contributed by atoms with van der Waals surface area (Å²) in [7, 11) is 0. The number of hydrogen-bond donors (Lipinski definition) is 1. The van der Waals surface area contributed by atoms with Gasteiger partial charge in [0.05, 0.1) is 6.54 Å². The summed E-state index contributed by atoms with van der Waals surface area (Å²) in [5.41, 5.74) is 2.87. The van der Waals surface area contributed by atoms with Crippen LogP contribution in [0.5, 0.6) is 17.2 Å². The van der Waals surface area contributed by atoms with Crippen LogP contribution in [0.2, 0.25) is 0 Å². The van der Waals surface area contributed by atoms with Gasteiger partial charge in [-0.1, -0.05) is 5.56 Å². The number of furan rings is 1. The van der Waals surface area contributed by atoms with Crippen LogP contribution in [0, 0.1) is 27.0 Å². The van der Waals surface area contributed by atoms with Crippen LogP contribution < -0.4 is 20.7 Å². The van der Waals surface area contributed by atoms with Crippen molar-refractivity contribution in [3.63, 3.8) is 0 Å². The first kappa shape index (κ1) is 23.0. The Balaban J connectivity index is 0.00000272. The number of hydrogen-bond acceptors (Lipinski definition) is 5. The van der Waals surface area contributed by atoms with Gasteiger partial charge >= 0.3 is 5.69 Å². The van der Waals surface area contributed by atoms with Crippen molar-refractivity contribution >= 4 is 11.0 Å². The average Bonchev–Trinajstić information content (AvgIpc) is 3.15. The van der Waals surface area contributed by atoms with Gasteiger partial charge < -0.3 is 13.9 Å². The molecule has 31 heavy (non-hydrogen) atoms. The van der Waals surface area contributed by atoms with Gasteiger partial charge in [-0.3, -0.25) is 14.3 Å². The van der Waals surface area contributed by atoms with Crippen molar-refractivity contribution in [2.75, 3.05) is 6.61 Å². The smallest absolute Gasteiger partial charge is 0.328 e. The largest absolute Gasteiger partial charge is 0.587 e. The summed E-state index contributed by atoms with van der Waals surface area (Å²) in [6, 6.07) is 10.8. The number of aromatic nitrogens is 2. The van der Waals surface area contributed by atoms with Crippen LogP contribution in [-0.2, 0) is 39.3 Å². The molecule has 0 aliphatic rings. The third-order valence-corrected chi connectivity index (χ3v) is 4.87. The second kappa shape index (κ2) is 9.66. The Morgan fingerprint density at radius 2 is 1.77 bits per heavy atom. The topological polar surface area (TPSA) is 86.5 Å². The number of fused-ring (bicyclic) bond motifs is 1. The minimum absolute atomic E-state index is 0. The molecule has 0 bridgehead atoms. The standard InChI is InChI=1S/C23H21N2O5.Y/c1-14-10-17-5-8-29-22(17)20(11-14)30-19-13-16(3)15(2)12-18(19)28-9-7-25-6-4-21(26)24-23(25)27;/h4-6,10-13H,7,9H2,1-3H3,(H,24,26,27);/q-1;. The average molecular weight is 494 g/mol. The Morgan fingerprint density at radius 3 is 2.52 bits per heavy atom. The number of nitrogens with zero attached hydrogens (tertiary/aromatic N) is 1. The van der Waals surface area contributed by atoms with Crippen molar-refractivity contribution in [2.45, 2.75) is 27.3 Å². The monoisotopic (exact) mass is 494 g/mol. The molecule has 0 unspecified atom stereocenters. The summed E-state index contributed by atoms with van der Waals surface area (Å²) in [6.45, 7) is 6.48. The number of ether oxygens (including phenoxy) is 2. The molecule has 0 aliphatic heterocycles.